The maximum Gasteiger partial charge on any atom is 0.233 e. The van der Waals surface area contributed by atoms with Crippen molar-refractivity contribution in [3.8, 4) is 0 Å². The van der Waals surface area contributed by atoms with Crippen molar-refractivity contribution in [2.75, 3.05) is 19.6 Å². The Morgan fingerprint density at radius 2 is 2.31 bits per heavy atom. The van der Waals surface area contributed by atoms with Crippen LogP contribution >= 0.6 is 0 Å². The molecule has 1 amide bonds. The minimum absolute atomic E-state index is 0.0531. The standard InChI is InChI=1S/C11H20N4O/c1-3-5-12-8-11(16)13-6-4-10-7-14-15(2)9-10/h7,9,12H,3-6,8H2,1-2H3,(H,13,16). The molecule has 0 unspecified atom stereocenters. The summed E-state index contributed by atoms with van der Waals surface area (Å²) in [6.07, 6.45) is 5.65. The monoisotopic (exact) mass is 224 g/mol. The number of nitrogens with zero attached hydrogens (tertiary/aromatic N) is 2. The zero-order chi connectivity index (χ0) is 11.8. The molecule has 0 aliphatic heterocycles. The van der Waals surface area contributed by atoms with Gasteiger partial charge in [-0.05, 0) is 24.9 Å². The van der Waals surface area contributed by atoms with Gasteiger partial charge >= 0.3 is 0 Å². The first kappa shape index (κ1) is 12.7. The molecule has 1 aromatic rings. The van der Waals surface area contributed by atoms with E-state index in [1.54, 1.807) is 4.68 Å². The van der Waals surface area contributed by atoms with Crippen LogP contribution in [0.1, 0.15) is 18.9 Å². The minimum Gasteiger partial charge on any atom is -0.355 e. The van der Waals surface area contributed by atoms with Gasteiger partial charge in [0.15, 0.2) is 0 Å². The molecule has 90 valence electrons. The van der Waals surface area contributed by atoms with Crippen LogP contribution in [-0.4, -0.2) is 35.3 Å². The minimum atomic E-state index is 0.0531. The third kappa shape index (κ3) is 4.93. The fourth-order valence-electron chi connectivity index (χ4n) is 1.39. The number of aromatic nitrogens is 2. The van der Waals surface area contributed by atoms with Crippen molar-refractivity contribution in [2.45, 2.75) is 19.8 Å². The number of amides is 1. The number of nitrogens with one attached hydrogen (secondary N) is 2. The lowest BCUT2D eigenvalue weighted by atomic mass is 10.2. The number of hydrogen-bond acceptors (Lipinski definition) is 3. The second kappa shape index (κ2) is 7.00. The summed E-state index contributed by atoms with van der Waals surface area (Å²) in [7, 11) is 1.89. The number of aryl methyl sites for hydroxylation is 1. The summed E-state index contributed by atoms with van der Waals surface area (Å²) in [6.45, 7) is 4.03. The van der Waals surface area contributed by atoms with Crippen molar-refractivity contribution in [3.05, 3.63) is 18.0 Å². The van der Waals surface area contributed by atoms with E-state index in [0.29, 0.717) is 13.1 Å². The average molecular weight is 224 g/mol. The Kier molecular flexibility index (Phi) is 5.56. The molecule has 0 radical (unpaired) electrons. The van der Waals surface area contributed by atoms with Crippen molar-refractivity contribution >= 4 is 5.91 Å². The number of carbonyl (C=O) groups is 1. The van der Waals surface area contributed by atoms with Crippen LogP contribution in [0.15, 0.2) is 12.4 Å². The van der Waals surface area contributed by atoms with Crippen molar-refractivity contribution in [2.24, 2.45) is 7.05 Å². The highest BCUT2D eigenvalue weighted by Crippen LogP contribution is 1.95. The van der Waals surface area contributed by atoms with Gasteiger partial charge < -0.3 is 10.6 Å². The van der Waals surface area contributed by atoms with E-state index < -0.39 is 0 Å². The van der Waals surface area contributed by atoms with Gasteiger partial charge in [0, 0.05) is 19.8 Å². The van der Waals surface area contributed by atoms with Crippen LogP contribution in [0, 0.1) is 0 Å². The summed E-state index contributed by atoms with van der Waals surface area (Å²) >= 11 is 0. The van der Waals surface area contributed by atoms with E-state index in [9.17, 15) is 4.79 Å². The van der Waals surface area contributed by atoms with Crippen molar-refractivity contribution in [1.29, 1.82) is 0 Å². The van der Waals surface area contributed by atoms with E-state index in [1.807, 2.05) is 19.4 Å². The molecule has 5 heteroatoms. The summed E-state index contributed by atoms with van der Waals surface area (Å²) in [5, 5.41) is 9.99. The van der Waals surface area contributed by atoms with Gasteiger partial charge in [0.2, 0.25) is 5.91 Å². The summed E-state index contributed by atoms with van der Waals surface area (Å²) in [5.41, 5.74) is 1.14. The fraction of sp³-hybridized carbons (Fsp3) is 0.636. The fourth-order valence-corrected chi connectivity index (χ4v) is 1.39. The second-order valence-electron chi connectivity index (χ2n) is 3.80. The van der Waals surface area contributed by atoms with Crippen LogP contribution in [-0.2, 0) is 18.3 Å². The van der Waals surface area contributed by atoms with Crippen LogP contribution in [0.25, 0.3) is 0 Å². The lowest BCUT2D eigenvalue weighted by Crippen LogP contribution is -2.35. The first-order chi connectivity index (χ1) is 7.72. The van der Waals surface area contributed by atoms with E-state index in [-0.39, 0.29) is 5.91 Å². The molecule has 0 aromatic carbocycles. The van der Waals surface area contributed by atoms with E-state index >= 15 is 0 Å². The van der Waals surface area contributed by atoms with Gasteiger partial charge in [0.1, 0.15) is 0 Å². The van der Waals surface area contributed by atoms with E-state index in [2.05, 4.69) is 22.7 Å². The second-order valence-corrected chi connectivity index (χ2v) is 3.80. The Labute approximate surface area is 96.2 Å². The van der Waals surface area contributed by atoms with Gasteiger partial charge in [-0.1, -0.05) is 6.92 Å². The summed E-state index contributed by atoms with van der Waals surface area (Å²) < 4.78 is 1.76. The highest BCUT2D eigenvalue weighted by atomic mass is 16.1. The highest BCUT2D eigenvalue weighted by molar-refractivity contribution is 5.77. The summed E-state index contributed by atoms with van der Waals surface area (Å²) in [5.74, 6) is 0.0531. The van der Waals surface area contributed by atoms with E-state index in [1.165, 1.54) is 0 Å². The molecule has 0 fully saturated rings. The molecule has 5 nitrogen and oxygen atoms in total. The Bertz CT molecular complexity index is 322. The van der Waals surface area contributed by atoms with Crippen molar-refractivity contribution in [1.82, 2.24) is 20.4 Å². The number of rotatable bonds is 7. The Morgan fingerprint density at radius 1 is 1.50 bits per heavy atom. The third-order valence-electron chi connectivity index (χ3n) is 2.21. The van der Waals surface area contributed by atoms with Gasteiger partial charge in [0.05, 0.1) is 12.7 Å². The van der Waals surface area contributed by atoms with Gasteiger partial charge in [-0.25, -0.2) is 0 Å². The normalized spacial score (nSPS) is 10.4. The van der Waals surface area contributed by atoms with Crippen LogP contribution in [0.5, 0.6) is 0 Å². The Balaban J connectivity index is 2.08. The van der Waals surface area contributed by atoms with Crippen LogP contribution in [0.4, 0.5) is 0 Å². The van der Waals surface area contributed by atoms with Gasteiger partial charge in [-0.15, -0.1) is 0 Å². The molecular weight excluding hydrogens is 204 g/mol. The zero-order valence-electron chi connectivity index (χ0n) is 9.99. The summed E-state index contributed by atoms with van der Waals surface area (Å²) in [6, 6.07) is 0. The number of carbonyl (C=O) groups excluding carboxylic acids is 1. The molecule has 0 bridgehead atoms. The third-order valence-corrected chi connectivity index (χ3v) is 2.21. The van der Waals surface area contributed by atoms with Crippen molar-refractivity contribution in [3.63, 3.8) is 0 Å². The molecule has 1 heterocycles. The Hall–Kier alpha value is -1.36. The molecule has 0 aliphatic carbocycles. The predicted molar refractivity (Wildman–Crippen MR) is 63.1 cm³/mol. The number of hydrogen-bond donors (Lipinski definition) is 2. The predicted octanol–water partition coefficient (Wildman–Crippen LogP) is 0.0784. The molecule has 0 spiro atoms. The first-order valence-corrected chi connectivity index (χ1v) is 5.67. The smallest absolute Gasteiger partial charge is 0.233 e. The highest BCUT2D eigenvalue weighted by Gasteiger charge is 2.00. The summed E-state index contributed by atoms with van der Waals surface area (Å²) in [4.78, 5) is 11.3. The average Bonchev–Trinajstić information content (AvgIpc) is 2.65. The van der Waals surface area contributed by atoms with Crippen LogP contribution in [0.2, 0.25) is 0 Å². The van der Waals surface area contributed by atoms with Gasteiger partial charge in [-0.3, -0.25) is 9.48 Å². The SMILES string of the molecule is CCCNCC(=O)NCCc1cnn(C)c1. The van der Waals surface area contributed by atoms with E-state index in [4.69, 9.17) is 0 Å². The van der Waals surface area contributed by atoms with Crippen molar-refractivity contribution < 1.29 is 4.79 Å². The zero-order valence-corrected chi connectivity index (χ0v) is 9.99. The lowest BCUT2D eigenvalue weighted by Gasteiger charge is -2.04. The quantitative estimate of drug-likeness (QED) is 0.645. The molecule has 2 N–H and O–H groups in total. The lowest BCUT2D eigenvalue weighted by molar-refractivity contribution is -0.120. The molecule has 16 heavy (non-hydrogen) atoms. The van der Waals surface area contributed by atoms with Crippen LogP contribution in [0.3, 0.4) is 0 Å². The van der Waals surface area contributed by atoms with Gasteiger partial charge in [-0.2, -0.15) is 5.10 Å². The molecule has 0 atom stereocenters. The topological polar surface area (TPSA) is 59.0 Å². The molecule has 1 rings (SSSR count). The maximum atomic E-state index is 11.3. The molecule has 0 saturated heterocycles. The van der Waals surface area contributed by atoms with Gasteiger partial charge in [0.25, 0.3) is 0 Å². The van der Waals surface area contributed by atoms with Crippen LogP contribution < -0.4 is 10.6 Å². The molecule has 1 aromatic heterocycles. The maximum absolute atomic E-state index is 11.3. The Morgan fingerprint density at radius 3 is 2.94 bits per heavy atom. The molecular formula is C11H20N4O. The molecule has 0 aliphatic rings. The largest absolute Gasteiger partial charge is 0.355 e. The van der Waals surface area contributed by atoms with E-state index in [0.717, 1.165) is 24.9 Å². The first-order valence-electron chi connectivity index (χ1n) is 5.67. The molecule has 0 saturated carbocycles.